The van der Waals surface area contributed by atoms with Crippen molar-refractivity contribution in [1.82, 2.24) is 4.90 Å². The summed E-state index contributed by atoms with van der Waals surface area (Å²) in [6.07, 6.45) is 0.812. The van der Waals surface area contributed by atoms with Crippen molar-refractivity contribution in [1.29, 1.82) is 5.26 Å². The van der Waals surface area contributed by atoms with E-state index in [2.05, 4.69) is 11.4 Å². The molecule has 0 spiro atoms. The first kappa shape index (κ1) is 20.8. The minimum absolute atomic E-state index is 0.0112. The predicted octanol–water partition coefficient (Wildman–Crippen LogP) is 2.64. The highest BCUT2D eigenvalue weighted by Crippen LogP contribution is 2.37. The number of hydrogen-bond donors (Lipinski definition) is 2. The molecule has 1 aliphatic heterocycles. The number of benzene rings is 1. The number of ether oxygens (including phenoxy) is 1. The van der Waals surface area contributed by atoms with E-state index in [4.69, 9.17) is 9.84 Å². The fourth-order valence-corrected chi connectivity index (χ4v) is 4.67. The third-order valence-electron chi connectivity index (χ3n) is 5.06. The molecule has 1 aromatic carbocycles. The number of rotatable bonds is 6. The van der Waals surface area contributed by atoms with Crippen molar-refractivity contribution < 1.29 is 19.4 Å². The van der Waals surface area contributed by atoms with E-state index >= 15 is 0 Å². The van der Waals surface area contributed by atoms with Gasteiger partial charge in [-0.05, 0) is 35.6 Å². The number of carbonyl (C=O) groups is 2. The Kier molecular flexibility index (Phi) is 6.52. The van der Waals surface area contributed by atoms with Crippen molar-refractivity contribution in [3.63, 3.8) is 0 Å². The topological polar surface area (TPSA) is 103 Å². The first-order chi connectivity index (χ1) is 14.0. The van der Waals surface area contributed by atoms with E-state index in [1.807, 2.05) is 31.2 Å². The molecule has 0 fully saturated rings. The highest BCUT2D eigenvalue weighted by Gasteiger charge is 2.27. The van der Waals surface area contributed by atoms with Gasteiger partial charge in [-0.3, -0.25) is 9.59 Å². The maximum absolute atomic E-state index is 12.6. The van der Waals surface area contributed by atoms with Gasteiger partial charge in [-0.15, -0.1) is 11.3 Å². The second kappa shape index (κ2) is 9.07. The van der Waals surface area contributed by atoms with Gasteiger partial charge in [-0.1, -0.05) is 19.1 Å². The van der Waals surface area contributed by atoms with Gasteiger partial charge in [0.2, 0.25) is 11.8 Å². The zero-order valence-electron chi connectivity index (χ0n) is 16.4. The number of methoxy groups -OCH3 is 1. The SMILES string of the molecule is COc1cccc([C@@H](C)CC(=O)Nc2sc3c(c2C#N)CCN(C(=O)CO)C3)c1. The van der Waals surface area contributed by atoms with Gasteiger partial charge >= 0.3 is 0 Å². The smallest absolute Gasteiger partial charge is 0.248 e. The zero-order valence-corrected chi connectivity index (χ0v) is 17.2. The Bertz CT molecular complexity index is 963. The van der Waals surface area contributed by atoms with Crippen LogP contribution in [0.25, 0.3) is 0 Å². The summed E-state index contributed by atoms with van der Waals surface area (Å²) in [5.41, 5.74) is 2.36. The lowest BCUT2D eigenvalue weighted by Crippen LogP contribution is -2.37. The third kappa shape index (κ3) is 4.58. The zero-order chi connectivity index (χ0) is 21.0. The van der Waals surface area contributed by atoms with Crippen molar-refractivity contribution in [2.45, 2.75) is 32.2 Å². The molecule has 2 heterocycles. The number of aliphatic hydroxyl groups excluding tert-OH is 1. The van der Waals surface area contributed by atoms with Crippen molar-refractivity contribution in [2.24, 2.45) is 0 Å². The summed E-state index contributed by atoms with van der Waals surface area (Å²) in [4.78, 5) is 26.8. The Labute approximate surface area is 173 Å². The number of amides is 2. The number of thiophene rings is 1. The molecule has 0 bridgehead atoms. The van der Waals surface area contributed by atoms with Gasteiger partial charge in [0.05, 0.1) is 19.2 Å². The monoisotopic (exact) mass is 413 g/mol. The fraction of sp³-hybridized carbons (Fsp3) is 0.381. The molecule has 0 aliphatic carbocycles. The van der Waals surface area contributed by atoms with Gasteiger partial charge < -0.3 is 20.1 Å². The maximum atomic E-state index is 12.6. The predicted molar refractivity (Wildman–Crippen MR) is 110 cm³/mol. The van der Waals surface area contributed by atoms with Crippen molar-refractivity contribution in [3.05, 3.63) is 45.8 Å². The van der Waals surface area contributed by atoms with Gasteiger partial charge in [0.1, 0.15) is 23.4 Å². The van der Waals surface area contributed by atoms with Gasteiger partial charge in [0.25, 0.3) is 0 Å². The summed E-state index contributed by atoms with van der Waals surface area (Å²) in [6, 6.07) is 9.81. The van der Waals surface area contributed by atoms with Crippen LogP contribution in [0.15, 0.2) is 24.3 Å². The van der Waals surface area contributed by atoms with Crippen LogP contribution in [0.5, 0.6) is 5.75 Å². The Hall–Kier alpha value is -2.89. The van der Waals surface area contributed by atoms with Gasteiger partial charge in [0, 0.05) is 17.8 Å². The molecule has 2 aromatic rings. The minimum atomic E-state index is -0.530. The van der Waals surface area contributed by atoms with Gasteiger partial charge in [-0.2, -0.15) is 5.26 Å². The highest BCUT2D eigenvalue weighted by atomic mass is 32.1. The van der Waals surface area contributed by atoms with E-state index in [0.29, 0.717) is 30.1 Å². The van der Waals surface area contributed by atoms with Crippen molar-refractivity contribution in [3.8, 4) is 11.8 Å². The minimum Gasteiger partial charge on any atom is -0.497 e. The molecule has 1 aliphatic rings. The maximum Gasteiger partial charge on any atom is 0.248 e. The molecule has 1 aromatic heterocycles. The van der Waals surface area contributed by atoms with Crippen LogP contribution in [0.2, 0.25) is 0 Å². The summed E-state index contributed by atoms with van der Waals surface area (Å²) >= 11 is 1.33. The normalized spacial score (nSPS) is 13.9. The second-order valence-electron chi connectivity index (χ2n) is 6.97. The lowest BCUT2D eigenvalue weighted by atomic mass is 9.97. The molecule has 3 rings (SSSR count). The summed E-state index contributed by atoms with van der Waals surface area (Å²) < 4.78 is 5.24. The van der Waals surface area contributed by atoms with Crippen LogP contribution in [-0.2, 0) is 22.6 Å². The quantitative estimate of drug-likeness (QED) is 0.758. The number of nitrogens with one attached hydrogen (secondary N) is 1. The lowest BCUT2D eigenvalue weighted by molar-refractivity contribution is -0.135. The molecule has 0 radical (unpaired) electrons. The number of hydrogen-bond acceptors (Lipinski definition) is 6. The van der Waals surface area contributed by atoms with E-state index in [-0.39, 0.29) is 24.2 Å². The number of fused-ring (bicyclic) bond motifs is 1. The number of nitriles is 1. The van der Waals surface area contributed by atoms with Crippen LogP contribution in [0.4, 0.5) is 5.00 Å². The number of carbonyl (C=O) groups excluding carboxylic acids is 2. The first-order valence-electron chi connectivity index (χ1n) is 9.33. The average molecular weight is 413 g/mol. The molecule has 2 amide bonds. The Morgan fingerprint density at radius 2 is 2.24 bits per heavy atom. The van der Waals surface area contributed by atoms with Crippen LogP contribution in [-0.4, -0.2) is 42.1 Å². The van der Waals surface area contributed by atoms with Crippen LogP contribution in [0.1, 0.15) is 40.8 Å². The molecule has 152 valence electrons. The summed E-state index contributed by atoms with van der Waals surface area (Å²) in [5.74, 6) is 0.233. The summed E-state index contributed by atoms with van der Waals surface area (Å²) in [6.45, 7) is 2.25. The summed E-state index contributed by atoms with van der Waals surface area (Å²) in [5, 5.41) is 22.1. The number of anilines is 1. The Morgan fingerprint density at radius 3 is 2.93 bits per heavy atom. The Balaban J connectivity index is 1.71. The molecule has 0 unspecified atom stereocenters. The van der Waals surface area contributed by atoms with Crippen molar-refractivity contribution >= 4 is 28.2 Å². The molecule has 0 saturated heterocycles. The van der Waals surface area contributed by atoms with Gasteiger partial charge in [-0.25, -0.2) is 0 Å². The molecular formula is C21H23N3O4S. The molecule has 1 atom stereocenters. The third-order valence-corrected chi connectivity index (χ3v) is 6.20. The van der Waals surface area contributed by atoms with E-state index < -0.39 is 6.61 Å². The summed E-state index contributed by atoms with van der Waals surface area (Å²) in [7, 11) is 1.60. The second-order valence-corrected chi connectivity index (χ2v) is 8.08. The molecule has 7 nitrogen and oxygen atoms in total. The number of nitrogens with zero attached hydrogens (tertiary/aromatic N) is 2. The number of aliphatic hydroxyl groups is 1. The van der Waals surface area contributed by atoms with E-state index in [0.717, 1.165) is 21.8 Å². The van der Waals surface area contributed by atoms with Crippen LogP contribution in [0, 0.1) is 11.3 Å². The van der Waals surface area contributed by atoms with Crippen molar-refractivity contribution in [2.75, 3.05) is 25.6 Å². The van der Waals surface area contributed by atoms with Crippen LogP contribution >= 0.6 is 11.3 Å². The molecule has 2 N–H and O–H groups in total. The van der Waals surface area contributed by atoms with Crippen LogP contribution in [0.3, 0.4) is 0 Å². The van der Waals surface area contributed by atoms with Crippen LogP contribution < -0.4 is 10.1 Å². The molecule has 29 heavy (non-hydrogen) atoms. The molecule has 8 heteroatoms. The fourth-order valence-electron chi connectivity index (χ4n) is 3.44. The Morgan fingerprint density at radius 1 is 1.45 bits per heavy atom. The van der Waals surface area contributed by atoms with E-state index in [1.54, 1.807) is 12.0 Å². The highest BCUT2D eigenvalue weighted by molar-refractivity contribution is 7.16. The van der Waals surface area contributed by atoms with Gasteiger partial charge in [0.15, 0.2) is 0 Å². The average Bonchev–Trinajstić information content (AvgIpc) is 3.08. The lowest BCUT2D eigenvalue weighted by Gasteiger charge is -2.26. The largest absolute Gasteiger partial charge is 0.497 e. The molecular weight excluding hydrogens is 390 g/mol. The standard InChI is InChI=1S/C21H23N3O4S/c1-13(14-4-3-5-15(9-14)28-2)8-19(26)23-21-17(10-22)16-6-7-24(20(27)12-25)11-18(16)29-21/h3-5,9,13,25H,6-8,11-12H2,1-2H3,(H,23,26)/t13-/m0/s1. The molecule has 0 saturated carbocycles. The van der Waals surface area contributed by atoms with E-state index in [9.17, 15) is 14.9 Å². The first-order valence-corrected chi connectivity index (χ1v) is 10.2. The van der Waals surface area contributed by atoms with E-state index in [1.165, 1.54) is 11.3 Å².